The van der Waals surface area contributed by atoms with Crippen molar-refractivity contribution in [3.8, 4) is 11.5 Å². The third-order valence-corrected chi connectivity index (χ3v) is 3.85. The quantitative estimate of drug-likeness (QED) is 0.678. The van der Waals surface area contributed by atoms with Gasteiger partial charge in [0.15, 0.2) is 16.6 Å². The number of carbonyl (C=O) groups is 1. The first kappa shape index (κ1) is 14.8. The lowest BCUT2D eigenvalue weighted by Crippen LogP contribution is -2.44. The SMILES string of the molecule is CCOC(=O)C1C(C)=NC(=S)NC1c1ccc2c(c1)OCO2. The number of ether oxygens (including phenoxy) is 3. The number of hydrogen-bond acceptors (Lipinski definition) is 5. The van der Waals surface area contributed by atoms with E-state index in [0.717, 1.165) is 5.56 Å². The molecule has 2 aliphatic heterocycles. The summed E-state index contributed by atoms with van der Waals surface area (Å²) in [6, 6.07) is 5.23. The van der Waals surface area contributed by atoms with Gasteiger partial charge in [-0.05, 0) is 43.8 Å². The molecule has 0 amide bonds. The Balaban J connectivity index is 1.97. The highest BCUT2D eigenvalue weighted by Gasteiger charge is 2.37. The van der Waals surface area contributed by atoms with Crippen molar-refractivity contribution < 1.29 is 19.0 Å². The van der Waals surface area contributed by atoms with Gasteiger partial charge in [0.25, 0.3) is 0 Å². The number of carbonyl (C=O) groups excluding carboxylic acids is 1. The normalized spacial score (nSPS) is 22.8. The number of benzene rings is 1. The summed E-state index contributed by atoms with van der Waals surface area (Å²) in [5.74, 6) is 0.515. The van der Waals surface area contributed by atoms with E-state index in [1.807, 2.05) is 18.2 Å². The maximum Gasteiger partial charge on any atom is 0.317 e. The molecule has 1 N–H and O–H groups in total. The van der Waals surface area contributed by atoms with Crippen molar-refractivity contribution in [3.63, 3.8) is 0 Å². The van der Waals surface area contributed by atoms with Gasteiger partial charge in [0.05, 0.1) is 12.6 Å². The second-order valence-corrected chi connectivity index (χ2v) is 5.41. The predicted octanol–water partition coefficient (Wildman–Crippen LogP) is 1.98. The summed E-state index contributed by atoms with van der Waals surface area (Å²) in [6.45, 7) is 4.09. The number of esters is 1. The molecule has 1 aromatic carbocycles. The molecule has 2 aliphatic rings. The van der Waals surface area contributed by atoms with Crippen LogP contribution in [0, 0.1) is 5.92 Å². The second kappa shape index (κ2) is 5.92. The smallest absolute Gasteiger partial charge is 0.317 e. The van der Waals surface area contributed by atoms with Crippen LogP contribution in [0.1, 0.15) is 25.5 Å². The average Bonchev–Trinajstić information content (AvgIpc) is 2.93. The van der Waals surface area contributed by atoms with Crippen molar-refractivity contribution in [3.05, 3.63) is 23.8 Å². The fourth-order valence-electron chi connectivity index (χ4n) is 2.64. The Morgan fingerprint density at radius 3 is 3.00 bits per heavy atom. The van der Waals surface area contributed by atoms with E-state index in [1.54, 1.807) is 13.8 Å². The Labute approximate surface area is 133 Å². The molecule has 0 spiro atoms. The van der Waals surface area contributed by atoms with Crippen LogP contribution in [-0.4, -0.2) is 30.2 Å². The molecule has 2 atom stereocenters. The fraction of sp³-hybridized carbons (Fsp3) is 0.400. The van der Waals surface area contributed by atoms with Crippen LogP contribution in [0.2, 0.25) is 0 Å². The van der Waals surface area contributed by atoms with Gasteiger partial charge in [0.1, 0.15) is 5.92 Å². The molecule has 3 rings (SSSR count). The molecule has 7 heteroatoms. The van der Waals surface area contributed by atoms with Crippen molar-refractivity contribution in [2.45, 2.75) is 19.9 Å². The maximum absolute atomic E-state index is 12.3. The van der Waals surface area contributed by atoms with Gasteiger partial charge < -0.3 is 19.5 Å². The molecule has 0 bridgehead atoms. The van der Waals surface area contributed by atoms with Crippen LogP contribution in [0.4, 0.5) is 0 Å². The van der Waals surface area contributed by atoms with Gasteiger partial charge in [-0.2, -0.15) is 0 Å². The second-order valence-electron chi connectivity index (χ2n) is 5.02. The van der Waals surface area contributed by atoms with Crippen molar-refractivity contribution >= 4 is 29.0 Å². The summed E-state index contributed by atoms with van der Waals surface area (Å²) in [5.41, 5.74) is 1.52. The van der Waals surface area contributed by atoms with Gasteiger partial charge in [-0.1, -0.05) is 6.07 Å². The minimum atomic E-state index is -0.521. The summed E-state index contributed by atoms with van der Waals surface area (Å²) in [4.78, 5) is 16.5. The lowest BCUT2D eigenvalue weighted by atomic mass is 9.88. The zero-order valence-corrected chi connectivity index (χ0v) is 13.1. The lowest BCUT2D eigenvalue weighted by Gasteiger charge is -2.30. The molecule has 0 aromatic heterocycles. The topological polar surface area (TPSA) is 69.2 Å². The van der Waals surface area contributed by atoms with E-state index in [-0.39, 0.29) is 18.8 Å². The summed E-state index contributed by atoms with van der Waals surface area (Å²) in [7, 11) is 0. The molecule has 0 fully saturated rings. The number of aliphatic imine (C=N–C) groups is 1. The van der Waals surface area contributed by atoms with Crippen molar-refractivity contribution in [1.82, 2.24) is 5.32 Å². The maximum atomic E-state index is 12.3. The zero-order chi connectivity index (χ0) is 15.7. The molecular formula is C15H16N2O4S. The Bertz CT molecular complexity index is 659. The number of nitrogens with one attached hydrogen (secondary N) is 1. The number of rotatable bonds is 3. The van der Waals surface area contributed by atoms with Crippen molar-refractivity contribution in [2.24, 2.45) is 10.9 Å². The Kier molecular flexibility index (Phi) is 3.98. The highest BCUT2D eigenvalue weighted by Crippen LogP contribution is 2.37. The van der Waals surface area contributed by atoms with E-state index in [4.69, 9.17) is 26.4 Å². The Morgan fingerprint density at radius 1 is 1.45 bits per heavy atom. The van der Waals surface area contributed by atoms with Gasteiger partial charge >= 0.3 is 5.97 Å². The number of nitrogens with zero attached hydrogens (tertiary/aromatic N) is 1. The molecule has 116 valence electrons. The van der Waals surface area contributed by atoms with E-state index < -0.39 is 5.92 Å². The van der Waals surface area contributed by atoms with Gasteiger partial charge in [-0.25, -0.2) is 4.99 Å². The summed E-state index contributed by atoms with van der Waals surface area (Å²) in [6.07, 6.45) is 0. The summed E-state index contributed by atoms with van der Waals surface area (Å²) >= 11 is 5.16. The molecule has 2 unspecified atom stereocenters. The number of thiocarbonyl (C=S) groups is 1. The summed E-state index contributed by atoms with van der Waals surface area (Å²) in [5, 5.41) is 3.45. The first-order valence-electron chi connectivity index (χ1n) is 7.02. The Morgan fingerprint density at radius 2 is 2.23 bits per heavy atom. The first-order chi connectivity index (χ1) is 10.6. The standard InChI is InChI=1S/C15H16N2O4S/c1-3-19-14(18)12-8(2)16-15(22)17-13(12)9-4-5-10-11(6-9)21-7-20-10/h4-6,12-13H,3,7H2,1-2H3,(H,17,22). The molecule has 1 aromatic rings. The van der Waals surface area contributed by atoms with Gasteiger partial charge in [0, 0.05) is 5.71 Å². The minimum Gasteiger partial charge on any atom is -0.465 e. The predicted molar refractivity (Wildman–Crippen MR) is 84.3 cm³/mol. The van der Waals surface area contributed by atoms with Crippen LogP contribution < -0.4 is 14.8 Å². The molecule has 0 saturated heterocycles. The van der Waals surface area contributed by atoms with E-state index in [1.165, 1.54) is 0 Å². The van der Waals surface area contributed by atoms with Crippen LogP contribution in [-0.2, 0) is 9.53 Å². The Hall–Kier alpha value is -2.15. The minimum absolute atomic E-state index is 0.205. The van der Waals surface area contributed by atoms with Crippen LogP contribution in [0.15, 0.2) is 23.2 Å². The summed E-state index contributed by atoms with van der Waals surface area (Å²) < 4.78 is 15.9. The molecule has 0 saturated carbocycles. The van der Waals surface area contributed by atoms with Crippen LogP contribution in [0.25, 0.3) is 0 Å². The van der Waals surface area contributed by atoms with Gasteiger partial charge in [-0.3, -0.25) is 4.79 Å². The molecule has 0 radical (unpaired) electrons. The van der Waals surface area contributed by atoms with Gasteiger partial charge in [0.2, 0.25) is 6.79 Å². The molecule has 22 heavy (non-hydrogen) atoms. The largest absolute Gasteiger partial charge is 0.465 e. The molecule has 2 heterocycles. The van der Waals surface area contributed by atoms with Crippen molar-refractivity contribution in [2.75, 3.05) is 13.4 Å². The third-order valence-electron chi connectivity index (χ3n) is 3.64. The van der Waals surface area contributed by atoms with Gasteiger partial charge in [-0.15, -0.1) is 0 Å². The molecule has 0 aliphatic carbocycles. The molecule has 6 nitrogen and oxygen atoms in total. The van der Waals surface area contributed by atoms with Crippen LogP contribution in [0.5, 0.6) is 11.5 Å². The van der Waals surface area contributed by atoms with E-state index in [9.17, 15) is 4.79 Å². The van der Waals surface area contributed by atoms with E-state index in [0.29, 0.717) is 28.9 Å². The van der Waals surface area contributed by atoms with E-state index >= 15 is 0 Å². The molecular weight excluding hydrogens is 304 g/mol. The van der Waals surface area contributed by atoms with Crippen molar-refractivity contribution in [1.29, 1.82) is 0 Å². The highest BCUT2D eigenvalue weighted by atomic mass is 32.1. The zero-order valence-electron chi connectivity index (χ0n) is 12.3. The number of fused-ring (bicyclic) bond motifs is 1. The lowest BCUT2D eigenvalue weighted by molar-refractivity contribution is -0.146. The monoisotopic (exact) mass is 320 g/mol. The highest BCUT2D eigenvalue weighted by molar-refractivity contribution is 7.80. The first-order valence-corrected chi connectivity index (χ1v) is 7.43. The number of hydrogen-bond donors (Lipinski definition) is 1. The van der Waals surface area contributed by atoms with Crippen LogP contribution in [0.3, 0.4) is 0 Å². The van der Waals surface area contributed by atoms with Crippen LogP contribution >= 0.6 is 12.2 Å². The fourth-order valence-corrected chi connectivity index (χ4v) is 2.91. The average molecular weight is 320 g/mol. The van der Waals surface area contributed by atoms with E-state index in [2.05, 4.69) is 10.3 Å². The third kappa shape index (κ3) is 2.64.